The zero-order valence-electron chi connectivity index (χ0n) is 8.91. The first-order chi connectivity index (χ1) is 7.92. The summed E-state index contributed by atoms with van der Waals surface area (Å²) in [5.74, 6) is -0.203. The normalized spacial score (nSPS) is 21.1. The number of rotatable bonds is 2. The third kappa shape index (κ3) is 2.01. The monoisotopic (exact) mass is 255 g/mol. The van der Waals surface area contributed by atoms with E-state index in [4.69, 9.17) is 4.42 Å². The Bertz CT molecular complexity index is 622. The van der Waals surface area contributed by atoms with Crippen LogP contribution >= 0.6 is 0 Å². The average molecular weight is 255 g/mol. The van der Waals surface area contributed by atoms with E-state index in [9.17, 15) is 18.5 Å². The first kappa shape index (κ1) is 11.6. The quantitative estimate of drug-likeness (QED) is 0.591. The lowest BCUT2D eigenvalue weighted by atomic mass is 10.2. The van der Waals surface area contributed by atoms with E-state index in [0.29, 0.717) is 5.76 Å². The van der Waals surface area contributed by atoms with Gasteiger partial charge in [0, 0.05) is 5.57 Å². The van der Waals surface area contributed by atoms with Crippen molar-refractivity contribution in [2.45, 2.75) is 6.92 Å². The van der Waals surface area contributed by atoms with E-state index in [2.05, 4.69) is 0 Å². The third-order valence-electron chi connectivity index (χ3n) is 2.50. The summed E-state index contributed by atoms with van der Waals surface area (Å²) in [7, 11) is -3.62. The lowest BCUT2D eigenvalue weighted by Crippen LogP contribution is -2.06. The Morgan fingerprint density at radius 1 is 1.53 bits per heavy atom. The SMILES string of the molecule is CC1=C([N+](=O)[O-])CS(=O)(=O)/C1=C/c1ccco1. The summed E-state index contributed by atoms with van der Waals surface area (Å²) >= 11 is 0. The fourth-order valence-corrected chi connectivity index (χ4v) is 3.35. The Morgan fingerprint density at radius 2 is 2.24 bits per heavy atom. The molecule has 0 saturated heterocycles. The van der Waals surface area contributed by atoms with Gasteiger partial charge in [-0.25, -0.2) is 8.42 Å². The Labute approximate surface area is 97.3 Å². The van der Waals surface area contributed by atoms with Gasteiger partial charge in [-0.2, -0.15) is 0 Å². The van der Waals surface area contributed by atoms with Crippen molar-refractivity contribution in [3.63, 3.8) is 0 Å². The van der Waals surface area contributed by atoms with Gasteiger partial charge in [0.2, 0.25) is 0 Å². The van der Waals surface area contributed by atoms with Crippen LogP contribution in [0.15, 0.2) is 39.0 Å². The molecule has 0 atom stereocenters. The van der Waals surface area contributed by atoms with Gasteiger partial charge in [-0.05, 0) is 25.1 Å². The number of allylic oxidation sites excluding steroid dienone is 1. The maximum absolute atomic E-state index is 11.8. The van der Waals surface area contributed by atoms with Crippen LogP contribution in [0.4, 0.5) is 0 Å². The van der Waals surface area contributed by atoms with E-state index in [0.717, 1.165) is 0 Å². The highest BCUT2D eigenvalue weighted by Gasteiger charge is 2.38. The first-order valence-corrected chi connectivity index (χ1v) is 6.39. The van der Waals surface area contributed by atoms with Crippen LogP contribution in [0.1, 0.15) is 12.7 Å². The molecule has 2 rings (SSSR count). The van der Waals surface area contributed by atoms with Crippen molar-refractivity contribution in [2.24, 2.45) is 0 Å². The average Bonchev–Trinajstić information content (AvgIpc) is 2.80. The summed E-state index contributed by atoms with van der Waals surface area (Å²) < 4.78 is 28.5. The van der Waals surface area contributed by atoms with E-state index in [1.165, 1.54) is 19.3 Å². The molecule has 0 fully saturated rings. The molecule has 0 amide bonds. The Morgan fingerprint density at radius 3 is 2.71 bits per heavy atom. The predicted molar refractivity (Wildman–Crippen MR) is 60.2 cm³/mol. The summed E-state index contributed by atoms with van der Waals surface area (Å²) in [6, 6.07) is 3.20. The smallest absolute Gasteiger partial charge is 0.265 e. The minimum absolute atomic E-state index is 0.0425. The number of nitro groups is 1. The van der Waals surface area contributed by atoms with Gasteiger partial charge in [0.15, 0.2) is 9.84 Å². The predicted octanol–water partition coefficient (Wildman–Crippen LogP) is 1.60. The van der Waals surface area contributed by atoms with Gasteiger partial charge < -0.3 is 4.42 Å². The zero-order valence-corrected chi connectivity index (χ0v) is 9.73. The number of hydrogen-bond donors (Lipinski definition) is 0. The molecule has 1 aromatic heterocycles. The van der Waals surface area contributed by atoms with Crippen LogP contribution in [0.2, 0.25) is 0 Å². The Balaban J connectivity index is 2.56. The maximum Gasteiger partial charge on any atom is 0.265 e. The number of hydrogen-bond acceptors (Lipinski definition) is 5. The molecule has 1 aromatic rings. The van der Waals surface area contributed by atoms with Gasteiger partial charge in [-0.15, -0.1) is 0 Å². The third-order valence-corrected chi connectivity index (χ3v) is 4.25. The van der Waals surface area contributed by atoms with E-state index < -0.39 is 20.5 Å². The van der Waals surface area contributed by atoms with E-state index in [1.54, 1.807) is 12.1 Å². The second-order valence-electron chi connectivity index (χ2n) is 3.61. The number of furan rings is 1. The molecule has 0 N–H and O–H groups in total. The van der Waals surface area contributed by atoms with Gasteiger partial charge in [-0.3, -0.25) is 10.1 Å². The summed E-state index contributed by atoms with van der Waals surface area (Å²) in [6.07, 6.45) is 2.71. The molecular weight excluding hydrogens is 246 g/mol. The van der Waals surface area contributed by atoms with Crippen LogP contribution in [0, 0.1) is 10.1 Å². The van der Waals surface area contributed by atoms with Crippen LogP contribution in [-0.4, -0.2) is 19.1 Å². The first-order valence-electron chi connectivity index (χ1n) is 4.74. The van der Waals surface area contributed by atoms with Crippen molar-refractivity contribution >= 4 is 15.9 Å². The molecule has 2 heterocycles. The fourth-order valence-electron chi connectivity index (χ4n) is 1.63. The van der Waals surface area contributed by atoms with E-state index >= 15 is 0 Å². The van der Waals surface area contributed by atoms with Gasteiger partial charge in [0.1, 0.15) is 11.5 Å². The van der Waals surface area contributed by atoms with E-state index in [-0.39, 0.29) is 16.2 Å². The molecule has 0 unspecified atom stereocenters. The van der Waals surface area contributed by atoms with Crippen molar-refractivity contribution in [2.75, 3.05) is 5.75 Å². The second kappa shape index (κ2) is 3.85. The van der Waals surface area contributed by atoms with E-state index in [1.807, 2.05) is 0 Å². The standard InChI is InChI=1S/C10H9NO5S/c1-7-9(11(12)13)6-17(14,15)10(7)5-8-3-2-4-16-8/h2-5H,6H2,1H3/b10-5+. The summed E-state index contributed by atoms with van der Waals surface area (Å²) in [6.45, 7) is 1.43. The topological polar surface area (TPSA) is 90.4 Å². The van der Waals surface area contributed by atoms with Crippen molar-refractivity contribution in [1.82, 2.24) is 0 Å². The van der Waals surface area contributed by atoms with Crippen LogP contribution in [-0.2, 0) is 9.84 Å². The van der Waals surface area contributed by atoms with Crippen molar-refractivity contribution < 1.29 is 17.8 Å². The van der Waals surface area contributed by atoms with Crippen molar-refractivity contribution in [3.05, 3.63) is 50.4 Å². The molecular formula is C10H9NO5S. The largest absolute Gasteiger partial charge is 0.465 e. The van der Waals surface area contributed by atoms with Gasteiger partial charge in [-0.1, -0.05) is 0 Å². The minimum Gasteiger partial charge on any atom is -0.465 e. The molecule has 17 heavy (non-hydrogen) atoms. The molecule has 0 bridgehead atoms. The molecule has 7 heteroatoms. The van der Waals surface area contributed by atoms with Gasteiger partial charge in [0.05, 0.1) is 16.1 Å². The molecule has 90 valence electrons. The highest BCUT2D eigenvalue weighted by atomic mass is 32.2. The highest BCUT2D eigenvalue weighted by molar-refractivity contribution is 7.96. The van der Waals surface area contributed by atoms with Crippen LogP contribution in [0.3, 0.4) is 0 Å². The molecule has 0 spiro atoms. The number of sulfone groups is 1. The second-order valence-corrected chi connectivity index (χ2v) is 5.57. The molecule has 6 nitrogen and oxygen atoms in total. The molecule has 1 aliphatic heterocycles. The molecule has 1 aliphatic rings. The molecule has 0 radical (unpaired) electrons. The van der Waals surface area contributed by atoms with Crippen LogP contribution in [0.25, 0.3) is 6.08 Å². The van der Waals surface area contributed by atoms with Crippen molar-refractivity contribution in [3.8, 4) is 0 Å². The molecule has 0 aromatic carbocycles. The zero-order chi connectivity index (χ0) is 12.6. The lowest BCUT2D eigenvalue weighted by Gasteiger charge is -1.96. The summed E-state index contributed by atoms with van der Waals surface area (Å²) in [5.41, 5.74) is -0.103. The molecule has 0 saturated carbocycles. The highest BCUT2D eigenvalue weighted by Crippen LogP contribution is 2.32. The summed E-state index contributed by atoms with van der Waals surface area (Å²) in [4.78, 5) is 9.98. The number of nitrogens with zero attached hydrogens (tertiary/aromatic N) is 1. The van der Waals surface area contributed by atoms with Gasteiger partial charge >= 0.3 is 0 Å². The Kier molecular flexibility index (Phi) is 2.62. The van der Waals surface area contributed by atoms with Gasteiger partial charge in [0.25, 0.3) is 5.70 Å². The lowest BCUT2D eigenvalue weighted by molar-refractivity contribution is -0.424. The molecule has 0 aliphatic carbocycles. The maximum atomic E-state index is 11.8. The fraction of sp³-hybridized carbons (Fsp3) is 0.200. The minimum atomic E-state index is -3.62. The van der Waals surface area contributed by atoms with Crippen LogP contribution < -0.4 is 0 Å². The summed E-state index contributed by atoms with van der Waals surface area (Å²) in [5, 5.41) is 10.7. The van der Waals surface area contributed by atoms with Crippen LogP contribution in [0.5, 0.6) is 0 Å². The van der Waals surface area contributed by atoms with Crippen molar-refractivity contribution in [1.29, 1.82) is 0 Å². The Hall–Kier alpha value is -1.89.